The van der Waals surface area contributed by atoms with Crippen molar-refractivity contribution in [1.82, 2.24) is 24.9 Å². The molecule has 134 valence electrons. The fraction of sp³-hybridized carbons (Fsp3) is 0.556. The second-order valence-corrected chi connectivity index (χ2v) is 6.88. The van der Waals surface area contributed by atoms with E-state index in [0.29, 0.717) is 6.54 Å². The van der Waals surface area contributed by atoms with Gasteiger partial charge < -0.3 is 14.6 Å². The van der Waals surface area contributed by atoms with Gasteiger partial charge in [-0.1, -0.05) is 0 Å². The predicted molar refractivity (Wildman–Crippen MR) is 92.9 cm³/mol. The van der Waals surface area contributed by atoms with Crippen LogP contribution in [-0.4, -0.2) is 51.8 Å². The number of amides is 2. The zero-order valence-corrected chi connectivity index (χ0v) is 14.4. The van der Waals surface area contributed by atoms with Crippen LogP contribution in [0.15, 0.2) is 35.1 Å². The van der Waals surface area contributed by atoms with Crippen LogP contribution in [0.4, 0.5) is 4.79 Å². The molecular formula is C18H25N5O2. The molecule has 2 aromatic heterocycles. The quantitative estimate of drug-likeness (QED) is 0.904. The highest BCUT2D eigenvalue weighted by Crippen LogP contribution is 2.24. The lowest BCUT2D eigenvalue weighted by molar-refractivity contribution is 0.150. The lowest BCUT2D eigenvalue weighted by atomic mass is 10.1. The first-order valence-corrected chi connectivity index (χ1v) is 9.09. The average Bonchev–Trinajstić information content (AvgIpc) is 3.36. The van der Waals surface area contributed by atoms with E-state index in [1.54, 1.807) is 6.26 Å². The monoisotopic (exact) mass is 343 g/mol. The van der Waals surface area contributed by atoms with Crippen molar-refractivity contribution in [1.29, 1.82) is 0 Å². The van der Waals surface area contributed by atoms with Gasteiger partial charge in [-0.2, -0.15) is 5.10 Å². The molecule has 0 saturated carbocycles. The number of carbonyl (C=O) groups excluding carboxylic acids is 1. The van der Waals surface area contributed by atoms with Gasteiger partial charge in [-0.3, -0.25) is 9.58 Å². The number of urea groups is 1. The van der Waals surface area contributed by atoms with Crippen molar-refractivity contribution in [3.05, 3.63) is 42.1 Å². The number of carbonyl (C=O) groups is 1. The average molecular weight is 343 g/mol. The van der Waals surface area contributed by atoms with Crippen molar-refractivity contribution >= 4 is 6.03 Å². The Hall–Kier alpha value is -2.28. The molecule has 1 saturated heterocycles. The summed E-state index contributed by atoms with van der Waals surface area (Å²) in [6, 6.07) is 6.35. The van der Waals surface area contributed by atoms with Gasteiger partial charge in [0.15, 0.2) is 0 Å². The maximum Gasteiger partial charge on any atom is 0.317 e. The smallest absolute Gasteiger partial charge is 0.317 e. The number of furan rings is 1. The van der Waals surface area contributed by atoms with Crippen LogP contribution < -0.4 is 5.32 Å². The molecule has 2 amide bonds. The Kier molecular flexibility index (Phi) is 4.74. The number of nitrogens with one attached hydrogen (secondary N) is 1. The lowest BCUT2D eigenvalue weighted by Gasteiger charge is -2.33. The highest BCUT2D eigenvalue weighted by molar-refractivity contribution is 5.74. The van der Waals surface area contributed by atoms with Crippen LogP contribution in [-0.2, 0) is 13.1 Å². The van der Waals surface area contributed by atoms with Gasteiger partial charge in [0, 0.05) is 38.9 Å². The summed E-state index contributed by atoms with van der Waals surface area (Å²) in [6.45, 7) is 5.03. The standard InChI is InChI=1S/C18H25N5O2/c24-18(22-9-1-2-10-22)19-7-5-15-12-21(14-17-4-3-11-25-17)13-16-6-8-20-23(15)16/h3-4,6,8,11,15H,1-2,5,7,9-10,12-14H2,(H,19,24)/t15-/m1/s1. The topological polar surface area (TPSA) is 66.5 Å². The first-order valence-electron chi connectivity index (χ1n) is 9.09. The van der Waals surface area contributed by atoms with Crippen molar-refractivity contribution < 1.29 is 9.21 Å². The van der Waals surface area contributed by atoms with Gasteiger partial charge in [-0.05, 0) is 37.5 Å². The van der Waals surface area contributed by atoms with E-state index in [2.05, 4.69) is 26.1 Å². The molecule has 4 heterocycles. The molecule has 7 heteroatoms. The minimum atomic E-state index is 0.0708. The second kappa shape index (κ2) is 7.31. The van der Waals surface area contributed by atoms with E-state index in [1.165, 1.54) is 5.69 Å². The number of nitrogens with zero attached hydrogens (tertiary/aromatic N) is 4. The predicted octanol–water partition coefficient (Wildman–Crippen LogP) is 2.23. The summed E-state index contributed by atoms with van der Waals surface area (Å²) >= 11 is 0. The molecule has 2 aliphatic heterocycles. The minimum Gasteiger partial charge on any atom is -0.468 e. The normalized spacial score (nSPS) is 20.6. The third-order valence-electron chi connectivity index (χ3n) is 5.06. The molecule has 1 N–H and O–H groups in total. The summed E-state index contributed by atoms with van der Waals surface area (Å²) in [4.78, 5) is 16.4. The Morgan fingerprint density at radius 3 is 3.00 bits per heavy atom. The minimum absolute atomic E-state index is 0.0708. The van der Waals surface area contributed by atoms with E-state index in [1.807, 2.05) is 23.2 Å². The van der Waals surface area contributed by atoms with Crippen molar-refractivity contribution in [3.63, 3.8) is 0 Å². The number of hydrogen-bond donors (Lipinski definition) is 1. The molecule has 0 spiro atoms. The lowest BCUT2D eigenvalue weighted by Crippen LogP contribution is -2.41. The van der Waals surface area contributed by atoms with E-state index in [0.717, 1.165) is 57.7 Å². The third kappa shape index (κ3) is 3.71. The molecule has 25 heavy (non-hydrogen) atoms. The Morgan fingerprint density at radius 1 is 1.32 bits per heavy atom. The van der Waals surface area contributed by atoms with E-state index in [9.17, 15) is 4.79 Å². The Labute approximate surface area is 147 Å². The van der Waals surface area contributed by atoms with Gasteiger partial charge in [-0.25, -0.2) is 4.79 Å². The zero-order chi connectivity index (χ0) is 17.1. The van der Waals surface area contributed by atoms with Crippen molar-refractivity contribution in [3.8, 4) is 0 Å². The number of likely N-dealkylation sites (tertiary alicyclic amines) is 1. The zero-order valence-electron chi connectivity index (χ0n) is 14.4. The molecule has 0 radical (unpaired) electrons. The summed E-state index contributed by atoms with van der Waals surface area (Å²) < 4.78 is 7.60. The first-order chi connectivity index (χ1) is 12.3. The summed E-state index contributed by atoms with van der Waals surface area (Å²) in [5.74, 6) is 0.981. The van der Waals surface area contributed by atoms with E-state index >= 15 is 0 Å². The SMILES string of the molecule is O=C(NCC[C@@H]1CN(Cc2ccco2)Cc2ccnn21)N1CCCC1. The third-order valence-corrected chi connectivity index (χ3v) is 5.06. The molecule has 2 aliphatic rings. The van der Waals surface area contributed by atoms with Gasteiger partial charge in [0.2, 0.25) is 0 Å². The number of aromatic nitrogens is 2. The van der Waals surface area contributed by atoms with Gasteiger partial charge >= 0.3 is 6.03 Å². The maximum absolute atomic E-state index is 12.1. The summed E-state index contributed by atoms with van der Waals surface area (Å²) in [5.41, 5.74) is 1.22. The van der Waals surface area contributed by atoms with Crippen LogP contribution in [0.3, 0.4) is 0 Å². The Morgan fingerprint density at radius 2 is 2.20 bits per heavy atom. The van der Waals surface area contributed by atoms with Gasteiger partial charge in [0.1, 0.15) is 5.76 Å². The van der Waals surface area contributed by atoms with Crippen LogP contribution in [0, 0.1) is 0 Å². The molecule has 2 aromatic rings. The summed E-state index contributed by atoms with van der Waals surface area (Å²) in [7, 11) is 0. The van der Waals surface area contributed by atoms with E-state index in [-0.39, 0.29) is 12.1 Å². The fourth-order valence-corrected chi connectivity index (χ4v) is 3.80. The van der Waals surface area contributed by atoms with Gasteiger partial charge in [0.05, 0.1) is 24.5 Å². The highest BCUT2D eigenvalue weighted by atomic mass is 16.3. The van der Waals surface area contributed by atoms with Crippen LogP contribution in [0.25, 0.3) is 0 Å². The van der Waals surface area contributed by atoms with Crippen molar-refractivity contribution in [2.75, 3.05) is 26.2 Å². The van der Waals surface area contributed by atoms with Crippen molar-refractivity contribution in [2.24, 2.45) is 0 Å². The van der Waals surface area contributed by atoms with Gasteiger partial charge in [0.25, 0.3) is 0 Å². The summed E-state index contributed by atoms with van der Waals surface area (Å²) in [6.07, 6.45) is 6.70. The molecule has 7 nitrogen and oxygen atoms in total. The molecule has 1 atom stereocenters. The molecular weight excluding hydrogens is 318 g/mol. The van der Waals surface area contributed by atoms with Crippen LogP contribution in [0.1, 0.15) is 36.8 Å². The molecule has 1 fully saturated rings. The second-order valence-electron chi connectivity index (χ2n) is 6.88. The van der Waals surface area contributed by atoms with Crippen molar-refractivity contribution in [2.45, 2.75) is 38.4 Å². The Balaban J connectivity index is 1.34. The number of rotatable bonds is 5. The Bertz CT molecular complexity index is 690. The first kappa shape index (κ1) is 16.2. The molecule has 0 aliphatic carbocycles. The molecule has 0 bridgehead atoms. The molecule has 0 aromatic carbocycles. The molecule has 0 unspecified atom stereocenters. The maximum atomic E-state index is 12.1. The van der Waals surface area contributed by atoms with Crippen LogP contribution in [0.2, 0.25) is 0 Å². The van der Waals surface area contributed by atoms with E-state index in [4.69, 9.17) is 4.42 Å². The van der Waals surface area contributed by atoms with E-state index < -0.39 is 0 Å². The van der Waals surface area contributed by atoms with Crippen LogP contribution >= 0.6 is 0 Å². The summed E-state index contributed by atoms with van der Waals surface area (Å²) in [5, 5.41) is 7.55. The fourth-order valence-electron chi connectivity index (χ4n) is 3.80. The largest absolute Gasteiger partial charge is 0.468 e. The molecule has 4 rings (SSSR count). The number of hydrogen-bond acceptors (Lipinski definition) is 4. The number of fused-ring (bicyclic) bond motifs is 1. The van der Waals surface area contributed by atoms with Crippen LogP contribution in [0.5, 0.6) is 0 Å². The van der Waals surface area contributed by atoms with Gasteiger partial charge in [-0.15, -0.1) is 0 Å². The highest BCUT2D eigenvalue weighted by Gasteiger charge is 2.26.